The molecule has 4 rings (SSSR count). The molecule has 1 N–H and O–H groups in total. The van der Waals surface area contributed by atoms with E-state index in [0.717, 1.165) is 28.5 Å². The minimum atomic E-state index is -0.617. The zero-order valence-electron chi connectivity index (χ0n) is 17.0. The number of amides is 2. The van der Waals surface area contributed by atoms with Gasteiger partial charge < -0.3 is 9.80 Å². The fourth-order valence-electron chi connectivity index (χ4n) is 4.26. The molecule has 0 radical (unpaired) electrons. The van der Waals surface area contributed by atoms with E-state index in [4.69, 9.17) is 0 Å². The molecule has 2 aromatic carbocycles. The Morgan fingerprint density at radius 2 is 1.70 bits per heavy atom. The van der Waals surface area contributed by atoms with Gasteiger partial charge in [0.1, 0.15) is 12.1 Å². The van der Waals surface area contributed by atoms with E-state index in [-0.39, 0.29) is 23.5 Å². The van der Waals surface area contributed by atoms with Crippen molar-refractivity contribution >= 4 is 23.2 Å². The molecule has 1 fully saturated rings. The van der Waals surface area contributed by atoms with E-state index < -0.39 is 16.7 Å². The number of imide groups is 1. The van der Waals surface area contributed by atoms with Gasteiger partial charge in [-0.15, -0.1) is 0 Å². The molecule has 2 aliphatic heterocycles. The van der Waals surface area contributed by atoms with Crippen molar-refractivity contribution in [1.29, 1.82) is 0 Å². The van der Waals surface area contributed by atoms with Crippen LogP contribution >= 0.6 is 0 Å². The van der Waals surface area contributed by atoms with Crippen LogP contribution in [0.4, 0.5) is 11.4 Å². The van der Waals surface area contributed by atoms with Crippen molar-refractivity contribution in [3.63, 3.8) is 0 Å². The number of rotatable bonds is 6. The van der Waals surface area contributed by atoms with Crippen molar-refractivity contribution in [2.45, 2.75) is 25.8 Å². The molecule has 1 atom stereocenters. The molecule has 0 aliphatic carbocycles. The van der Waals surface area contributed by atoms with Crippen molar-refractivity contribution in [3.8, 4) is 0 Å². The van der Waals surface area contributed by atoms with E-state index in [9.17, 15) is 19.7 Å². The summed E-state index contributed by atoms with van der Waals surface area (Å²) in [4.78, 5) is 40.4. The quantitative estimate of drug-likeness (QED) is 0.447. The second-order valence-electron chi connectivity index (χ2n) is 8.00. The van der Waals surface area contributed by atoms with Crippen LogP contribution in [0.15, 0.2) is 42.5 Å². The van der Waals surface area contributed by atoms with Crippen LogP contribution in [0.2, 0.25) is 0 Å². The Labute approximate surface area is 174 Å². The number of fused-ring (bicyclic) bond motifs is 1. The van der Waals surface area contributed by atoms with Crippen LogP contribution in [0.3, 0.4) is 0 Å². The Balaban J connectivity index is 1.42. The van der Waals surface area contributed by atoms with Crippen molar-refractivity contribution < 1.29 is 19.4 Å². The van der Waals surface area contributed by atoms with Crippen LogP contribution in [0.25, 0.3) is 0 Å². The smallest absolute Gasteiger partial charge is 0.282 e. The van der Waals surface area contributed by atoms with Gasteiger partial charge in [-0.05, 0) is 37.5 Å². The zero-order chi connectivity index (χ0) is 21.3. The molecule has 156 valence electrons. The van der Waals surface area contributed by atoms with E-state index in [2.05, 4.69) is 29.2 Å². The lowest BCUT2D eigenvalue weighted by Gasteiger charge is -2.29. The van der Waals surface area contributed by atoms with Crippen LogP contribution in [-0.4, -0.2) is 48.4 Å². The third-order valence-electron chi connectivity index (χ3n) is 5.77. The fourth-order valence-corrected chi connectivity index (χ4v) is 4.26. The minimum absolute atomic E-state index is 0.105. The number of hydrogen-bond acceptors (Lipinski definition) is 5. The maximum absolute atomic E-state index is 12.7. The zero-order valence-corrected chi connectivity index (χ0v) is 17.0. The first kappa shape index (κ1) is 20.0. The molecular weight excluding hydrogens is 384 g/mol. The maximum Gasteiger partial charge on any atom is 0.282 e. The summed E-state index contributed by atoms with van der Waals surface area (Å²) in [5, 5.41) is 11.2. The highest BCUT2D eigenvalue weighted by atomic mass is 16.6. The number of nitro groups is 1. The molecule has 0 aromatic heterocycles. The van der Waals surface area contributed by atoms with E-state index in [1.807, 2.05) is 7.05 Å². The van der Waals surface area contributed by atoms with E-state index in [1.54, 1.807) is 0 Å². The summed E-state index contributed by atoms with van der Waals surface area (Å²) in [6, 6.07) is 12.6. The van der Waals surface area contributed by atoms with Gasteiger partial charge in [-0.2, -0.15) is 0 Å². The number of piperidine rings is 1. The fraction of sp³-hybridized carbons (Fsp3) is 0.364. The number of nitro benzene ring substituents is 1. The summed E-state index contributed by atoms with van der Waals surface area (Å²) in [7, 11) is 1.90. The molecule has 2 aromatic rings. The van der Waals surface area contributed by atoms with Crippen molar-refractivity contribution in [3.05, 3.63) is 69.3 Å². The molecule has 2 heterocycles. The van der Waals surface area contributed by atoms with Gasteiger partial charge >= 0.3 is 0 Å². The Hall–Kier alpha value is -3.26. The maximum atomic E-state index is 12.7. The molecule has 1 unspecified atom stereocenters. The normalized spacial score (nSPS) is 17.2. The molecule has 8 nitrogen and oxygen atoms in total. The standard InChI is InChI=1S/C22H24N4O4/c1-23(14-16-8-10-17(11-9-16)24-12-3-2-4-13-24)15-25-21(27)18-6-5-7-19(26(29)30)20(18)22(25)28/h5-11H,2-4,12-15H2,1H3/p+1. The number of nitrogens with one attached hydrogen (secondary N) is 1. The molecular formula is C22H25N4O4+. The van der Waals surface area contributed by atoms with Crippen LogP contribution < -0.4 is 9.80 Å². The highest BCUT2D eigenvalue weighted by molar-refractivity contribution is 6.23. The Kier molecular flexibility index (Phi) is 5.50. The highest BCUT2D eigenvalue weighted by Crippen LogP contribution is 2.30. The van der Waals surface area contributed by atoms with Crippen molar-refractivity contribution in [2.75, 3.05) is 31.7 Å². The third-order valence-corrected chi connectivity index (χ3v) is 5.77. The second kappa shape index (κ2) is 8.23. The summed E-state index contributed by atoms with van der Waals surface area (Å²) >= 11 is 0. The first-order valence-corrected chi connectivity index (χ1v) is 10.2. The predicted octanol–water partition coefficient (Wildman–Crippen LogP) is 1.85. The number of anilines is 1. The van der Waals surface area contributed by atoms with E-state index >= 15 is 0 Å². The van der Waals surface area contributed by atoms with Crippen molar-refractivity contribution in [2.24, 2.45) is 0 Å². The van der Waals surface area contributed by atoms with Crippen LogP contribution in [0.5, 0.6) is 0 Å². The van der Waals surface area contributed by atoms with Crippen LogP contribution in [0, 0.1) is 10.1 Å². The summed E-state index contributed by atoms with van der Waals surface area (Å²) in [5.74, 6) is -1.07. The SMILES string of the molecule is C[NH+](Cc1ccc(N2CCCCC2)cc1)CN1C(=O)c2cccc([N+](=O)[O-])c2C1=O. The lowest BCUT2D eigenvalue weighted by Crippen LogP contribution is -3.09. The van der Waals surface area contributed by atoms with E-state index in [1.165, 1.54) is 43.1 Å². The number of nitrogens with zero attached hydrogens (tertiary/aromatic N) is 3. The molecule has 0 saturated carbocycles. The topological polar surface area (TPSA) is 88.2 Å². The first-order chi connectivity index (χ1) is 14.5. The number of benzene rings is 2. The van der Waals surface area contributed by atoms with E-state index in [0.29, 0.717) is 6.54 Å². The van der Waals surface area contributed by atoms with Gasteiger partial charge in [0.2, 0.25) is 0 Å². The first-order valence-electron chi connectivity index (χ1n) is 10.2. The molecule has 2 aliphatic rings. The monoisotopic (exact) mass is 409 g/mol. The largest absolute Gasteiger partial charge is 0.372 e. The number of carbonyl (C=O) groups is 2. The summed E-state index contributed by atoms with van der Waals surface area (Å²) in [6.07, 6.45) is 3.75. The van der Waals surface area contributed by atoms with Gasteiger partial charge in [-0.25, -0.2) is 4.90 Å². The summed E-state index contributed by atoms with van der Waals surface area (Å²) < 4.78 is 0. The number of hydrogen-bond donors (Lipinski definition) is 1. The number of quaternary nitrogens is 1. The average molecular weight is 409 g/mol. The summed E-state index contributed by atoms with van der Waals surface area (Å²) in [5.41, 5.74) is 2.01. The van der Waals surface area contributed by atoms with Gasteiger partial charge in [0, 0.05) is 30.4 Å². The van der Waals surface area contributed by atoms with Crippen molar-refractivity contribution in [1.82, 2.24) is 4.90 Å². The lowest BCUT2D eigenvalue weighted by atomic mass is 10.1. The molecule has 0 bridgehead atoms. The lowest BCUT2D eigenvalue weighted by molar-refractivity contribution is -0.901. The van der Waals surface area contributed by atoms with Gasteiger partial charge in [-0.1, -0.05) is 18.2 Å². The minimum Gasteiger partial charge on any atom is -0.372 e. The highest BCUT2D eigenvalue weighted by Gasteiger charge is 2.42. The Morgan fingerprint density at radius 3 is 2.37 bits per heavy atom. The predicted molar refractivity (Wildman–Crippen MR) is 112 cm³/mol. The second-order valence-corrected chi connectivity index (χ2v) is 8.00. The van der Waals surface area contributed by atoms with Gasteiger partial charge in [0.25, 0.3) is 17.5 Å². The van der Waals surface area contributed by atoms with Gasteiger partial charge in [0.15, 0.2) is 6.67 Å². The molecule has 1 saturated heterocycles. The van der Waals surface area contributed by atoms with Crippen LogP contribution in [-0.2, 0) is 6.54 Å². The number of carbonyl (C=O) groups excluding carboxylic acids is 2. The van der Waals surface area contributed by atoms with Gasteiger partial charge in [-0.3, -0.25) is 19.7 Å². The molecule has 0 spiro atoms. The average Bonchev–Trinajstić information content (AvgIpc) is 2.99. The van der Waals surface area contributed by atoms with Crippen LogP contribution in [0.1, 0.15) is 45.5 Å². The third kappa shape index (κ3) is 3.78. The Bertz CT molecular complexity index is 983. The Morgan fingerprint density at radius 1 is 1.00 bits per heavy atom. The summed E-state index contributed by atoms with van der Waals surface area (Å²) in [6.45, 7) is 2.97. The molecule has 8 heteroatoms. The van der Waals surface area contributed by atoms with Gasteiger partial charge in [0.05, 0.1) is 17.5 Å². The molecule has 30 heavy (non-hydrogen) atoms. The molecule has 2 amide bonds.